The molecular weight excluding hydrogens is 228 g/mol. The van der Waals surface area contributed by atoms with E-state index in [2.05, 4.69) is 0 Å². The molecule has 0 heterocycles. The molecule has 0 amide bonds. The number of ether oxygens (including phenoxy) is 2. The van der Waals surface area contributed by atoms with E-state index in [1.165, 1.54) is 5.54 Å². The number of rotatable bonds is 5. The number of aliphatic hydroxyl groups excluding tert-OH is 1. The SMILES string of the molecule is COc1ccc(OC/C(C)=C/Cl)c(CO)c1. The summed E-state index contributed by atoms with van der Waals surface area (Å²) < 4.78 is 10.6. The number of hydrogen-bond acceptors (Lipinski definition) is 3. The zero-order chi connectivity index (χ0) is 12.0. The lowest BCUT2D eigenvalue weighted by atomic mass is 10.2. The van der Waals surface area contributed by atoms with Crippen molar-refractivity contribution in [3.05, 3.63) is 34.9 Å². The molecule has 0 fully saturated rings. The van der Waals surface area contributed by atoms with Crippen molar-refractivity contribution in [1.82, 2.24) is 0 Å². The van der Waals surface area contributed by atoms with Gasteiger partial charge in [0.1, 0.15) is 18.1 Å². The lowest BCUT2D eigenvalue weighted by Gasteiger charge is -2.11. The Morgan fingerprint density at radius 3 is 2.81 bits per heavy atom. The summed E-state index contributed by atoms with van der Waals surface area (Å²) in [5.41, 5.74) is 3.09. The van der Waals surface area contributed by atoms with Gasteiger partial charge in [-0.25, -0.2) is 0 Å². The summed E-state index contributed by atoms with van der Waals surface area (Å²) in [5.74, 6) is 1.34. The van der Waals surface area contributed by atoms with Crippen molar-refractivity contribution < 1.29 is 14.6 Å². The van der Waals surface area contributed by atoms with Gasteiger partial charge >= 0.3 is 0 Å². The highest BCUT2D eigenvalue weighted by molar-refractivity contribution is 6.25. The summed E-state index contributed by atoms with van der Waals surface area (Å²) >= 11 is 5.53. The fourth-order valence-electron chi connectivity index (χ4n) is 1.17. The lowest BCUT2D eigenvalue weighted by Crippen LogP contribution is -2.01. The van der Waals surface area contributed by atoms with Crippen molar-refractivity contribution in [3.8, 4) is 11.5 Å². The van der Waals surface area contributed by atoms with Crippen LogP contribution in [0.5, 0.6) is 11.5 Å². The second-order valence-electron chi connectivity index (χ2n) is 3.38. The highest BCUT2D eigenvalue weighted by Crippen LogP contribution is 2.24. The number of halogens is 1. The first-order valence-electron chi connectivity index (χ1n) is 4.87. The second kappa shape index (κ2) is 6.40. The molecule has 16 heavy (non-hydrogen) atoms. The Morgan fingerprint density at radius 2 is 2.25 bits per heavy atom. The van der Waals surface area contributed by atoms with Gasteiger partial charge in [-0.2, -0.15) is 0 Å². The molecule has 0 bridgehead atoms. The number of methoxy groups -OCH3 is 1. The summed E-state index contributed by atoms with van der Waals surface area (Å²) in [6.45, 7) is 2.19. The van der Waals surface area contributed by atoms with Gasteiger partial charge in [-0.1, -0.05) is 11.6 Å². The first-order valence-corrected chi connectivity index (χ1v) is 5.31. The predicted molar refractivity (Wildman–Crippen MR) is 64.0 cm³/mol. The van der Waals surface area contributed by atoms with Crippen LogP contribution in [0.4, 0.5) is 0 Å². The molecule has 1 rings (SSSR count). The molecule has 1 N–H and O–H groups in total. The van der Waals surface area contributed by atoms with E-state index in [4.69, 9.17) is 21.1 Å². The Balaban J connectivity index is 2.79. The summed E-state index contributed by atoms with van der Waals surface area (Å²) in [6, 6.07) is 5.30. The van der Waals surface area contributed by atoms with Crippen molar-refractivity contribution in [1.29, 1.82) is 0 Å². The van der Waals surface area contributed by atoms with Crippen molar-refractivity contribution in [2.45, 2.75) is 13.5 Å². The smallest absolute Gasteiger partial charge is 0.125 e. The number of benzene rings is 1. The largest absolute Gasteiger partial charge is 0.497 e. The number of aliphatic hydroxyl groups is 1. The molecule has 1 aromatic rings. The maximum Gasteiger partial charge on any atom is 0.125 e. The first kappa shape index (κ1) is 12.9. The van der Waals surface area contributed by atoms with Crippen LogP contribution in [0.2, 0.25) is 0 Å². The van der Waals surface area contributed by atoms with E-state index in [0.717, 1.165) is 5.57 Å². The van der Waals surface area contributed by atoms with Crippen molar-refractivity contribution >= 4 is 11.6 Å². The zero-order valence-corrected chi connectivity index (χ0v) is 10.1. The summed E-state index contributed by atoms with van der Waals surface area (Å²) in [4.78, 5) is 0. The maximum atomic E-state index is 9.18. The summed E-state index contributed by atoms with van der Waals surface area (Å²) in [5, 5.41) is 9.18. The lowest BCUT2D eigenvalue weighted by molar-refractivity contribution is 0.267. The van der Waals surface area contributed by atoms with Gasteiger partial charge in [-0.05, 0) is 30.7 Å². The third-order valence-electron chi connectivity index (χ3n) is 2.08. The molecule has 1 aromatic carbocycles. The van der Waals surface area contributed by atoms with Crippen LogP contribution in [0.3, 0.4) is 0 Å². The normalized spacial score (nSPS) is 11.4. The van der Waals surface area contributed by atoms with Crippen LogP contribution in [0.1, 0.15) is 12.5 Å². The van der Waals surface area contributed by atoms with Gasteiger partial charge in [-0.15, -0.1) is 0 Å². The molecule has 0 saturated carbocycles. The monoisotopic (exact) mass is 242 g/mol. The molecule has 0 unspecified atom stereocenters. The van der Waals surface area contributed by atoms with E-state index in [1.54, 1.807) is 25.3 Å². The van der Waals surface area contributed by atoms with Crippen LogP contribution in [-0.4, -0.2) is 18.8 Å². The molecule has 0 radical (unpaired) electrons. The van der Waals surface area contributed by atoms with Gasteiger partial charge in [0, 0.05) is 11.1 Å². The molecule has 0 aliphatic rings. The van der Waals surface area contributed by atoms with E-state index < -0.39 is 0 Å². The minimum Gasteiger partial charge on any atom is -0.497 e. The topological polar surface area (TPSA) is 38.7 Å². The predicted octanol–water partition coefficient (Wildman–Crippen LogP) is 2.71. The Hall–Kier alpha value is -1.19. The fourth-order valence-corrected chi connectivity index (χ4v) is 1.23. The molecule has 0 aromatic heterocycles. The van der Waals surface area contributed by atoms with E-state index in [0.29, 0.717) is 23.7 Å². The van der Waals surface area contributed by atoms with E-state index in [1.807, 2.05) is 6.92 Å². The average molecular weight is 243 g/mol. The molecule has 4 heteroatoms. The molecule has 88 valence electrons. The van der Waals surface area contributed by atoms with Gasteiger partial charge in [0.05, 0.1) is 13.7 Å². The Bertz CT molecular complexity index is 375. The molecule has 0 aliphatic heterocycles. The van der Waals surface area contributed by atoms with Crippen LogP contribution in [0.15, 0.2) is 29.3 Å². The third-order valence-corrected chi connectivity index (χ3v) is 2.45. The van der Waals surface area contributed by atoms with Crippen LogP contribution in [0, 0.1) is 0 Å². The summed E-state index contributed by atoms with van der Waals surface area (Å²) in [7, 11) is 1.58. The second-order valence-corrected chi connectivity index (χ2v) is 3.59. The van der Waals surface area contributed by atoms with Crippen molar-refractivity contribution in [3.63, 3.8) is 0 Å². The van der Waals surface area contributed by atoms with Gasteiger partial charge < -0.3 is 14.6 Å². The molecular formula is C12H15ClO3. The molecule has 0 saturated heterocycles. The van der Waals surface area contributed by atoms with E-state index in [9.17, 15) is 5.11 Å². The first-order chi connectivity index (χ1) is 7.71. The third kappa shape index (κ3) is 3.43. The van der Waals surface area contributed by atoms with Crippen molar-refractivity contribution in [2.75, 3.05) is 13.7 Å². The molecule has 3 nitrogen and oxygen atoms in total. The standard InChI is InChI=1S/C12H15ClO3/c1-9(6-13)8-16-12-4-3-11(15-2)5-10(12)7-14/h3-6,14H,7-8H2,1-2H3/b9-6+. The van der Waals surface area contributed by atoms with Gasteiger partial charge in [0.15, 0.2) is 0 Å². The van der Waals surface area contributed by atoms with E-state index in [-0.39, 0.29) is 6.61 Å². The van der Waals surface area contributed by atoms with Gasteiger partial charge in [0.25, 0.3) is 0 Å². The molecule has 0 spiro atoms. The highest BCUT2D eigenvalue weighted by Gasteiger charge is 2.04. The minimum atomic E-state index is -0.0871. The van der Waals surface area contributed by atoms with Gasteiger partial charge in [0.2, 0.25) is 0 Å². The minimum absolute atomic E-state index is 0.0871. The summed E-state index contributed by atoms with van der Waals surface area (Å²) in [6.07, 6.45) is 0. The van der Waals surface area contributed by atoms with E-state index >= 15 is 0 Å². The molecule has 0 aliphatic carbocycles. The van der Waals surface area contributed by atoms with Crippen LogP contribution >= 0.6 is 11.6 Å². The van der Waals surface area contributed by atoms with Crippen molar-refractivity contribution in [2.24, 2.45) is 0 Å². The Kier molecular flexibility index (Phi) is 5.15. The average Bonchev–Trinajstić information content (AvgIpc) is 2.35. The maximum absolute atomic E-state index is 9.18. The Labute approximate surface area is 100 Å². The molecule has 0 atom stereocenters. The fraction of sp³-hybridized carbons (Fsp3) is 0.333. The highest BCUT2D eigenvalue weighted by atomic mass is 35.5. The van der Waals surface area contributed by atoms with Crippen LogP contribution < -0.4 is 9.47 Å². The zero-order valence-electron chi connectivity index (χ0n) is 9.37. The van der Waals surface area contributed by atoms with Crippen LogP contribution in [0.25, 0.3) is 0 Å². The van der Waals surface area contributed by atoms with Gasteiger partial charge in [-0.3, -0.25) is 0 Å². The Morgan fingerprint density at radius 1 is 1.50 bits per heavy atom. The quantitative estimate of drug-likeness (QED) is 0.863. The van der Waals surface area contributed by atoms with Crippen LogP contribution in [-0.2, 0) is 6.61 Å². The number of hydrogen-bond donors (Lipinski definition) is 1.